The minimum absolute atomic E-state index is 0.120. The Bertz CT molecular complexity index is 764. The standard InChI is InChI=1S/C14H21N5O2S/c1-13(2,3)8(20)7-22-12-17-16-11-15-10(21)9(14(4,5)6)18-19(11)12/h7H2,1-6H3,(H,15,16,21). The molecule has 2 aromatic rings. The van der Waals surface area contributed by atoms with E-state index < -0.39 is 10.8 Å². The number of hydrogen-bond acceptors (Lipinski definition) is 6. The second kappa shape index (κ2) is 5.49. The molecule has 0 bridgehead atoms. The molecule has 0 aliphatic rings. The molecule has 0 aromatic carbocycles. The number of ketones is 1. The van der Waals surface area contributed by atoms with Crippen molar-refractivity contribution in [2.45, 2.75) is 52.1 Å². The minimum atomic E-state index is -0.397. The van der Waals surface area contributed by atoms with Crippen LogP contribution in [0.2, 0.25) is 0 Å². The third-order valence-electron chi connectivity index (χ3n) is 3.13. The molecule has 1 N–H and O–H groups in total. The number of Topliss-reactive ketones (excluding diaryl/α,β-unsaturated/α-hetero) is 1. The number of hydrogen-bond donors (Lipinski definition) is 1. The average molecular weight is 323 g/mol. The molecular formula is C14H21N5O2S. The molecule has 0 fully saturated rings. The third kappa shape index (κ3) is 3.37. The van der Waals surface area contributed by atoms with Crippen LogP contribution < -0.4 is 5.56 Å². The summed E-state index contributed by atoms with van der Waals surface area (Å²) in [4.78, 5) is 26.7. The van der Waals surface area contributed by atoms with E-state index in [0.29, 0.717) is 10.9 Å². The zero-order chi connectivity index (χ0) is 16.7. The van der Waals surface area contributed by atoms with Crippen molar-refractivity contribution in [2.24, 2.45) is 5.41 Å². The van der Waals surface area contributed by atoms with Crippen LogP contribution in [-0.2, 0) is 10.2 Å². The maximum absolute atomic E-state index is 12.0. The van der Waals surface area contributed by atoms with Gasteiger partial charge in [0.1, 0.15) is 11.5 Å². The summed E-state index contributed by atoms with van der Waals surface area (Å²) in [6.07, 6.45) is 0. The molecule has 2 heterocycles. The summed E-state index contributed by atoms with van der Waals surface area (Å²) in [5, 5.41) is 12.8. The smallest absolute Gasteiger partial charge is 0.274 e. The number of fused-ring (bicyclic) bond motifs is 1. The molecule has 7 nitrogen and oxygen atoms in total. The van der Waals surface area contributed by atoms with Gasteiger partial charge in [-0.3, -0.25) is 14.6 Å². The van der Waals surface area contributed by atoms with Crippen LogP contribution in [0.4, 0.5) is 0 Å². The molecule has 22 heavy (non-hydrogen) atoms. The Morgan fingerprint density at radius 3 is 2.36 bits per heavy atom. The maximum Gasteiger partial charge on any atom is 0.274 e. The van der Waals surface area contributed by atoms with Gasteiger partial charge in [-0.25, -0.2) is 0 Å². The molecule has 0 aliphatic carbocycles. The average Bonchev–Trinajstić information content (AvgIpc) is 2.74. The Hall–Kier alpha value is -1.70. The highest BCUT2D eigenvalue weighted by Crippen LogP contribution is 2.22. The molecule has 120 valence electrons. The molecule has 0 aliphatic heterocycles. The van der Waals surface area contributed by atoms with Crippen molar-refractivity contribution in [3.63, 3.8) is 0 Å². The fourth-order valence-corrected chi connectivity index (χ4v) is 2.71. The van der Waals surface area contributed by atoms with Crippen LogP contribution in [-0.4, -0.2) is 36.3 Å². The van der Waals surface area contributed by atoms with Crippen LogP contribution in [0.5, 0.6) is 0 Å². The molecule has 0 atom stereocenters. The first-order valence-corrected chi connectivity index (χ1v) is 8.01. The molecule has 2 aromatic heterocycles. The largest absolute Gasteiger partial charge is 0.298 e. The molecule has 0 unspecified atom stereocenters. The first-order valence-electron chi connectivity index (χ1n) is 7.02. The van der Waals surface area contributed by atoms with Crippen molar-refractivity contribution in [3.05, 3.63) is 16.0 Å². The van der Waals surface area contributed by atoms with Crippen LogP contribution in [0.25, 0.3) is 5.78 Å². The number of thioether (sulfide) groups is 1. The number of carbonyl (C=O) groups is 1. The lowest BCUT2D eigenvalue weighted by Gasteiger charge is -2.16. The minimum Gasteiger partial charge on any atom is -0.298 e. The number of aromatic amines is 1. The van der Waals surface area contributed by atoms with Crippen molar-refractivity contribution in [1.29, 1.82) is 0 Å². The second-order valence-corrected chi connectivity index (χ2v) is 8.18. The van der Waals surface area contributed by atoms with E-state index in [9.17, 15) is 9.59 Å². The van der Waals surface area contributed by atoms with Crippen LogP contribution in [0.1, 0.15) is 47.2 Å². The summed E-state index contributed by atoms with van der Waals surface area (Å²) >= 11 is 1.27. The maximum atomic E-state index is 12.0. The summed E-state index contributed by atoms with van der Waals surface area (Å²) in [5.74, 6) is 0.689. The molecule has 0 saturated heterocycles. The highest BCUT2D eigenvalue weighted by Gasteiger charge is 2.24. The van der Waals surface area contributed by atoms with Gasteiger partial charge < -0.3 is 0 Å². The van der Waals surface area contributed by atoms with E-state index in [2.05, 4.69) is 20.3 Å². The van der Waals surface area contributed by atoms with Crippen molar-refractivity contribution >= 4 is 23.3 Å². The van der Waals surface area contributed by atoms with E-state index in [-0.39, 0.29) is 22.9 Å². The van der Waals surface area contributed by atoms with E-state index >= 15 is 0 Å². The fraction of sp³-hybridized carbons (Fsp3) is 0.643. The Labute approximate surface area is 132 Å². The van der Waals surface area contributed by atoms with Gasteiger partial charge in [0.05, 0.1) is 5.75 Å². The van der Waals surface area contributed by atoms with E-state index in [4.69, 9.17) is 0 Å². The van der Waals surface area contributed by atoms with E-state index in [0.717, 1.165) is 0 Å². The molecular weight excluding hydrogens is 302 g/mol. The van der Waals surface area contributed by atoms with E-state index in [1.54, 1.807) is 0 Å². The van der Waals surface area contributed by atoms with Gasteiger partial charge in [0.25, 0.3) is 11.3 Å². The van der Waals surface area contributed by atoms with Crippen molar-refractivity contribution < 1.29 is 4.79 Å². The van der Waals surface area contributed by atoms with Crippen LogP contribution in [0.15, 0.2) is 9.95 Å². The lowest BCUT2D eigenvalue weighted by atomic mass is 9.92. The van der Waals surface area contributed by atoms with E-state index in [1.807, 2.05) is 41.5 Å². The molecule has 2 rings (SSSR count). The Morgan fingerprint density at radius 2 is 1.82 bits per heavy atom. The molecule has 0 spiro atoms. The predicted molar refractivity (Wildman–Crippen MR) is 85.3 cm³/mol. The van der Waals surface area contributed by atoms with Gasteiger partial charge in [-0.05, 0) is 0 Å². The summed E-state index contributed by atoms with van der Waals surface area (Å²) < 4.78 is 1.49. The van der Waals surface area contributed by atoms with Gasteiger partial charge in [0.15, 0.2) is 0 Å². The lowest BCUT2D eigenvalue weighted by molar-refractivity contribution is -0.123. The van der Waals surface area contributed by atoms with Crippen molar-refractivity contribution in [2.75, 3.05) is 5.75 Å². The number of carbonyl (C=O) groups excluding carboxylic acids is 1. The summed E-state index contributed by atoms with van der Waals surface area (Å²) in [5.41, 5.74) is -0.653. The zero-order valence-electron chi connectivity index (χ0n) is 13.7. The highest BCUT2D eigenvalue weighted by atomic mass is 32.2. The fourth-order valence-electron chi connectivity index (χ4n) is 1.67. The SMILES string of the molecule is CC(C)(C)C(=O)CSc1nnc2[nH]c(=O)c(C(C)(C)C)nn12. The van der Waals surface area contributed by atoms with Crippen molar-refractivity contribution in [3.8, 4) is 0 Å². The Morgan fingerprint density at radius 1 is 1.18 bits per heavy atom. The van der Waals surface area contributed by atoms with E-state index in [1.165, 1.54) is 16.3 Å². The highest BCUT2D eigenvalue weighted by molar-refractivity contribution is 7.99. The molecule has 0 radical (unpaired) electrons. The van der Waals surface area contributed by atoms with Gasteiger partial charge in [-0.15, -0.1) is 10.2 Å². The van der Waals surface area contributed by atoms with Gasteiger partial charge >= 0.3 is 0 Å². The second-order valence-electron chi connectivity index (χ2n) is 7.23. The number of nitrogens with one attached hydrogen (secondary N) is 1. The summed E-state index contributed by atoms with van der Waals surface area (Å²) in [6.45, 7) is 11.4. The van der Waals surface area contributed by atoms with Crippen molar-refractivity contribution in [1.82, 2.24) is 24.8 Å². The number of H-pyrrole nitrogens is 1. The van der Waals surface area contributed by atoms with Gasteiger partial charge in [0.2, 0.25) is 5.16 Å². The summed E-state index contributed by atoms with van der Waals surface area (Å²) in [6, 6.07) is 0. The first kappa shape index (κ1) is 16.7. The van der Waals surface area contributed by atoms with Crippen LogP contribution in [0.3, 0.4) is 0 Å². The van der Waals surface area contributed by atoms with Gasteiger partial charge in [-0.2, -0.15) is 9.61 Å². The number of aromatic nitrogens is 5. The number of nitrogens with zero attached hydrogens (tertiary/aromatic N) is 4. The molecule has 0 amide bonds. The lowest BCUT2D eigenvalue weighted by Crippen LogP contribution is -2.28. The van der Waals surface area contributed by atoms with Gasteiger partial charge in [-0.1, -0.05) is 53.3 Å². The molecule has 8 heteroatoms. The quantitative estimate of drug-likeness (QED) is 0.866. The van der Waals surface area contributed by atoms with Gasteiger partial charge in [0, 0.05) is 10.8 Å². The Kier molecular flexibility index (Phi) is 4.16. The topological polar surface area (TPSA) is 93.0 Å². The Balaban J connectivity index is 2.36. The normalized spacial score (nSPS) is 12.8. The zero-order valence-corrected chi connectivity index (χ0v) is 14.5. The third-order valence-corrected chi connectivity index (χ3v) is 4.05. The van der Waals surface area contributed by atoms with Crippen LogP contribution >= 0.6 is 11.8 Å². The first-order chi connectivity index (χ1) is 10.00. The number of rotatable bonds is 3. The van der Waals surface area contributed by atoms with Crippen LogP contribution in [0, 0.1) is 5.41 Å². The monoisotopic (exact) mass is 323 g/mol. The molecule has 0 saturated carbocycles. The predicted octanol–water partition coefficient (Wildman–Crippen LogP) is 1.82. The summed E-state index contributed by atoms with van der Waals surface area (Å²) in [7, 11) is 0.